The first-order chi connectivity index (χ1) is 14.2. The molecular weight excluding hydrogens is 364 g/mol. The summed E-state index contributed by atoms with van der Waals surface area (Å²) in [4.78, 5) is 17.3. The molecule has 1 saturated heterocycles. The molecule has 0 atom stereocenters. The number of amides is 1. The topological polar surface area (TPSA) is 50.6 Å². The molecule has 0 bridgehead atoms. The maximum atomic E-state index is 13.2. The fourth-order valence-corrected chi connectivity index (χ4v) is 3.79. The molecule has 3 aromatic rings. The number of nitrogens with zero attached hydrogens (tertiary/aromatic N) is 4. The molecule has 0 radical (unpaired) electrons. The summed E-state index contributed by atoms with van der Waals surface area (Å²) in [7, 11) is 3.37. The van der Waals surface area contributed by atoms with E-state index in [2.05, 4.69) is 28.2 Å². The Kier molecular flexibility index (Phi) is 5.51. The third-order valence-corrected chi connectivity index (χ3v) is 5.32. The Bertz CT molecular complexity index is 978. The number of benzene rings is 2. The highest BCUT2D eigenvalue weighted by Gasteiger charge is 2.23. The molecule has 6 heteroatoms. The van der Waals surface area contributed by atoms with Gasteiger partial charge in [0.25, 0.3) is 5.91 Å². The number of anilines is 1. The molecule has 0 N–H and O–H groups in total. The summed E-state index contributed by atoms with van der Waals surface area (Å²) in [5.74, 6) is 0.311. The first-order valence-corrected chi connectivity index (χ1v) is 9.95. The molecule has 4 rings (SSSR count). The zero-order valence-corrected chi connectivity index (χ0v) is 16.9. The van der Waals surface area contributed by atoms with Crippen molar-refractivity contribution in [1.29, 1.82) is 0 Å². The summed E-state index contributed by atoms with van der Waals surface area (Å²) in [6.07, 6.45) is 4.18. The fourth-order valence-electron chi connectivity index (χ4n) is 3.79. The first kappa shape index (κ1) is 19.1. The third-order valence-electron chi connectivity index (χ3n) is 5.32. The second-order valence-corrected chi connectivity index (χ2v) is 7.31. The van der Waals surface area contributed by atoms with Crippen molar-refractivity contribution < 1.29 is 9.53 Å². The second-order valence-electron chi connectivity index (χ2n) is 7.31. The molecular formula is C23H26N4O2. The van der Waals surface area contributed by atoms with Gasteiger partial charge in [0, 0.05) is 32.4 Å². The predicted molar refractivity (Wildman–Crippen MR) is 114 cm³/mol. The van der Waals surface area contributed by atoms with Crippen molar-refractivity contribution in [3.63, 3.8) is 0 Å². The second kappa shape index (κ2) is 8.39. The van der Waals surface area contributed by atoms with Crippen molar-refractivity contribution in [1.82, 2.24) is 14.7 Å². The van der Waals surface area contributed by atoms with Crippen LogP contribution in [0.1, 0.15) is 28.9 Å². The van der Waals surface area contributed by atoms with Gasteiger partial charge < -0.3 is 14.5 Å². The average molecular weight is 390 g/mol. The maximum absolute atomic E-state index is 13.2. The molecule has 1 fully saturated rings. The number of rotatable bonds is 6. The molecule has 2 heterocycles. The Hall–Kier alpha value is -3.28. The zero-order chi connectivity index (χ0) is 20.2. The lowest BCUT2D eigenvalue weighted by atomic mass is 10.1. The van der Waals surface area contributed by atoms with E-state index in [4.69, 9.17) is 4.74 Å². The molecule has 2 aromatic carbocycles. The molecule has 1 aromatic heterocycles. The van der Waals surface area contributed by atoms with E-state index in [0.29, 0.717) is 18.0 Å². The number of methoxy groups -OCH3 is 1. The predicted octanol–water partition coefficient (Wildman–Crippen LogP) is 3.75. The highest BCUT2D eigenvalue weighted by molar-refractivity contribution is 5.94. The fraction of sp³-hybridized carbons (Fsp3) is 0.304. The Balaban J connectivity index is 1.57. The lowest BCUT2D eigenvalue weighted by Gasteiger charge is -2.24. The molecule has 0 saturated carbocycles. The quantitative estimate of drug-likeness (QED) is 0.643. The van der Waals surface area contributed by atoms with Gasteiger partial charge >= 0.3 is 0 Å². The smallest absolute Gasteiger partial charge is 0.278 e. The average Bonchev–Trinajstić information content (AvgIpc) is 3.44. The maximum Gasteiger partial charge on any atom is 0.278 e. The SMILES string of the molecule is COc1cn(-c2ccccc2)nc1C(=O)N(C)Cc1ccccc1N1CCCC1. The normalized spacial score (nSPS) is 13.5. The number of ether oxygens (including phenoxy) is 1. The summed E-state index contributed by atoms with van der Waals surface area (Å²) < 4.78 is 7.11. The minimum absolute atomic E-state index is 0.159. The summed E-state index contributed by atoms with van der Waals surface area (Å²) in [6.45, 7) is 2.67. The molecule has 1 amide bonds. The number of carbonyl (C=O) groups excluding carboxylic acids is 1. The van der Waals surface area contributed by atoms with E-state index in [1.165, 1.54) is 18.5 Å². The van der Waals surface area contributed by atoms with Crippen LogP contribution in [0, 0.1) is 0 Å². The standard InChI is InChI=1S/C23H26N4O2/c1-25(16-18-10-6-7-13-20(18)26-14-8-9-15-26)23(28)22-21(29-2)17-27(24-22)19-11-4-3-5-12-19/h3-7,10-13,17H,8-9,14-16H2,1-2H3. The van der Waals surface area contributed by atoms with Crippen molar-refractivity contribution in [3.8, 4) is 11.4 Å². The van der Waals surface area contributed by atoms with Crippen LogP contribution in [0.2, 0.25) is 0 Å². The minimum atomic E-state index is -0.159. The molecule has 29 heavy (non-hydrogen) atoms. The highest BCUT2D eigenvalue weighted by Crippen LogP contribution is 2.27. The third kappa shape index (κ3) is 3.97. The molecule has 150 valence electrons. The monoisotopic (exact) mass is 390 g/mol. The molecule has 6 nitrogen and oxygen atoms in total. The van der Waals surface area contributed by atoms with Gasteiger partial charge in [-0.2, -0.15) is 5.10 Å². The first-order valence-electron chi connectivity index (χ1n) is 9.95. The molecule has 0 aliphatic carbocycles. The molecule has 1 aliphatic rings. The lowest BCUT2D eigenvalue weighted by molar-refractivity contribution is 0.0775. The van der Waals surface area contributed by atoms with Gasteiger partial charge in [0.2, 0.25) is 0 Å². The number of para-hydroxylation sites is 2. The summed E-state index contributed by atoms with van der Waals surface area (Å²) in [5.41, 5.74) is 3.56. The van der Waals surface area contributed by atoms with Gasteiger partial charge in [-0.05, 0) is 36.6 Å². The van der Waals surface area contributed by atoms with Crippen molar-refractivity contribution >= 4 is 11.6 Å². The Morgan fingerprint density at radius 1 is 1.07 bits per heavy atom. The highest BCUT2D eigenvalue weighted by atomic mass is 16.5. The summed E-state index contributed by atoms with van der Waals surface area (Å²) in [5, 5.41) is 4.50. The molecule has 1 aliphatic heterocycles. The molecule has 0 unspecified atom stereocenters. The van der Waals surface area contributed by atoms with E-state index in [-0.39, 0.29) is 5.91 Å². The van der Waals surface area contributed by atoms with E-state index in [1.807, 2.05) is 43.4 Å². The zero-order valence-electron chi connectivity index (χ0n) is 16.9. The van der Waals surface area contributed by atoms with Crippen molar-refractivity contribution in [2.24, 2.45) is 0 Å². The van der Waals surface area contributed by atoms with Gasteiger partial charge in [-0.15, -0.1) is 0 Å². The number of hydrogen-bond donors (Lipinski definition) is 0. The number of hydrogen-bond acceptors (Lipinski definition) is 4. The van der Waals surface area contributed by atoms with Crippen LogP contribution in [0.15, 0.2) is 60.8 Å². The van der Waals surface area contributed by atoms with Gasteiger partial charge in [-0.3, -0.25) is 4.79 Å². The Labute approximate surface area is 171 Å². The van der Waals surface area contributed by atoms with Gasteiger partial charge in [0.15, 0.2) is 11.4 Å². The van der Waals surface area contributed by atoms with Crippen LogP contribution >= 0.6 is 0 Å². The summed E-state index contributed by atoms with van der Waals surface area (Å²) >= 11 is 0. The van der Waals surface area contributed by atoms with Crippen LogP contribution in [-0.4, -0.2) is 47.8 Å². The van der Waals surface area contributed by atoms with Gasteiger partial charge in [-0.25, -0.2) is 4.68 Å². The lowest BCUT2D eigenvalue weighted by Crippen LogP contribution is -2.28. The van der Waals surface area contributed by atoms with Gasteiger partial charge in [-0.1, -0.05) is 36.4 Å². The number of carbonyl (C=O) groups is 1. The van der Waals surface area contributed by atoms with E-state index < -0.39 is 0 Å². The Morgan fingerprint density at radius 2 is 1.76 bits per heavy atom. The van der Waals surface area contributed by atoms with Crippen molar-refractivity contribution in [2.75, 3.05) is 32.1 Å². The van der Waals surface area contributed by atoms with Crippen molar-refractivity contribution in [3.05, 3.63) is 72.1 Å². The Morgan fingerprint density at radius 3 is 2.48 bits per heavy atom. The van der Waals surface area contributed by atoms with Crippen LogP contribution in [0.25, 0.3) is 5.69 Å². The van der Waals surface area contributed by atoms with Crippen LogP contribution in [-0.2, 0) is 6.54 Å². The van der Waals surface area contributed by atoms with Gasteiger partial charge in [0.05, 0.1) is 19.0 Å². The van der Waals surface area contributed by atoms with Crippen LogP contribution in [0.3, 0.4) is 0 Å². The number of aromatic nitrogens is 2. The van der Waals surface area contributed by atoms with Crippen molar-refractivity contribution in [2.45, 2.75) is 19.4 Å². The summed E-state index contributed by atoms with van der Waals surface area (Å²) in [6, 6.07) is 18.0. The van der Waals surface area contributed by atoms with E-state index in [9.17, 15) is 4.79 Å². The molecule has 0 spiro atoms. The largest absolute Gasteiger partial charge is 0.493 e. The van der Waals surface area contributed by atoms with E-state index in [1.54, 1.807) is 22.9 Å². The van der Waals surface area contributed by atoms with E-state index >= 15 is 0 Å². The van der Waals surface area contributed by atoms with Crippen LogP contribution in [0.5, 0.6) is 5.75 Å². The minimum Gasteiger partial charge on any atom is -0.493 e. The van der Waals surface area contributed by atoms with E-state index in [0.717, 1.165) is 24.3 Å². The van der Waals surface area contributed by atoms with Gasteiger partial charge in [0.1, 0.15) is 0 Å². The van der Waals surface area contributed by atoms with Crippen LogP contribution in [0.4, 0.5) is 5.69 Å². The van der Waals surface area contributed by atoms with Crippen LogP contribution < -0.4 is 9.64 Å².